The van der Waals surface area contributed by atoms with Gasteiger partial charge < -0.3 is 10.6 Å². The molecule has 2 N–H and O–H groups in total. The van der Waals surface area contributed by atoms with Crippen molar-refractivity contribution in [1.82, 2.24) is 4.98 Å². The van der Waals surface area contributed by atoms with E-state index in [2.05, 4.69) is 15.6 Å². The number of nitrogens with zero attached hydrogens (tertiary/aromatic N) is 1. The topological polar surface area (TPSA) is 71.1 Å². The van der Waals surface area contributed by atoms with Gasteiger partial charge >= 0.3 is 0 Å². The van der Waals surface area contributed by atoms with Crippen LogP contribution in [0.25, 0.3) is 0 Å². The van der Waals surface area contributed by atoms with Crippen LogP contribution < -0.4 is 10.6 Å². The van der Waals surface area contributed by atoms with Gasteiger partial charge in [0.25, 0.3) is 0 Å². The van der Waals surface area contributed by atoms with Gasteiger partial charge in [0.2, 0.25) is 0 Å². The van der Waals surface area contributed by atoms with Crippen molar-refractivity contribution in [3.63, 3.8) is 0 Å². The fraction of sp³-hybridized carbons (Fsp3) is 0.545. The standard InChI is InChI=1S/C11H17N3O2S/c1-12-10-3-2-4-11(14-10)13-7-9-5-6-17(15,16)8-9/h2-4,9H,5-8H2,1H3,(H2,12,13,14). The Morgan fingerprint density at radius 2 is 2.18 bits per heavy atom. The summed E-state index contributed by atoms with van der Waals surface area (Å²) < 4.78 is 22.6. The van der Waals surface area contributed by atoms with Gasteiger partial charge in [-0.25, -0.2) is 13.4 Å². The first-order chi connectivity index (χ1) is 8.09. The van der Waals surface area contributed by atoms with Crippen molar-refractivity contribution in [2.45, 2.75) is 6.42 Å². The molecule has 6 heteroatoms. The Morgan fingerprint density at radius 1 is 1.41 bits per heavy atom. The molecule has 0 bridgehead atoms. The summed E-state index contributed by atoms with van der Waals surface area (Å²) in [5.41, 5.74) is 0. The zero-order chi connectivity index (χ0) is 12.3. The number of anilines is 2. The van der Waals surface area contributed by atoms with E-state index in [0.29, 0.717) is 18.1 Å². The molecular formula is C11H17N3O2S. The lowest BCUT2D eigenvalue weighted by molar-refractivity contribution is 0.595. The Bertz CT molecular complexity index is 487. The number of sulfone groups is 1. The van der Waals surface area contributed by atoms with E-state index in [1.165, 1.54) is 0 Å². The molecule has 1 aromatic rings. The van der Waals surface area contributed by atoms with E-state index in [4.69, 9.17) is 0 Å². The summed E-state index contributed by atoms with van der Waals surface area (Å²) in [5.74, 6) is 2.41. The van der Waals surface area contributed by atoms with Crippen LogP contribution in [0.4, 0.5) is 11.6 Å². The minimum Gasteiger partial charge on any atom is -0.373 e. The van der Waals surface area contributed by atoms with Gasteiger partial charge in [0.15, 0.2) is 9.84 Å². The highest BCUT2D eigenvalue weighted by molar-refractivity contribution is 7.91. The third-order valence-electron chi connectivity index (χ3n) is 2.90. The number of nitrogens with one attached hydrogen (secondary N) is 2. The van der Waals surface area contributed by atoms with Gasteiger partial charge in [-0.1, -0.05) is 6.07 Å². The van der Waals surface area contributed by atoms with E-state index in [0.717, 1.165) is 18.1 Å². The monoisotopic (exact) mass is 255 g/mol. The van der Waals surface area contributed by atoms with Crippen LogP contribution in [-0.4, -0.2) is 38.5 Å². The van der Waals surface area contributed by atoms with Crippen molar-refractivity contribution in [2.75, 3.05) is 35.7 Å². The third kappa shape index (κ3) is 3.33. The zero-order valence-corrected chi connectivity index (χ0v) is 10.6. The summed E-state index contributed by atoms with van der Waals surface area (Å²) in [6, 6.07) is 5.67. The Labute approximate surface area is 102 Å². The van der Waals surface area contributed by atoms with Crippen LogP contribution in [0, 0.1) is 5.92 Å². The van der Waals surface area contributed by atoms with Crippen molar-refractivity contribution < 1.29 is 8.42 Å². The molecule has 1 aliphatic rings. The molecule has 2 heterocycles. The minimum atomic E-state index is -2.79. The molecule has 1 unspecified atom stereocenters. The van der Waals surface area contributed by atoms with Crippen LogP contribution in [-0.2, 0) is 9.84 Å². The highest BCUT2D eigenvalue weighted by atomic mass is 32.2. The maximum Gasteiger partial charge on any atom is 0.150 e. The predicted octanol–water partition coefficient (Wildman–Crippen LogP) is 0.970. The first-order valence-electron chi connectivity index (χ1n) is 5.68. The Kier molecular flexibility index (Phi) is 3.51. The van der Waals surface area contributed by atoms with E-state index in [-0.39, 0.29) is 5.92 Å². The van der Waals surface area contributed by atoms with Crippen molar-refractivity contribution in [2.24, 2.45) is 5.92 Å². The van der Waals surface area contributed by atoms with Crippen molar-refractivity contribution in [3.05, 3.63) is 18.2 Å². The van der Waals surface area contributed by atoms with Gasteiger partial charge in [0, 0.05) is 13.6 Å². The van der Waals surface area contributed by atoms with Gasteiger partial charge in [0.05, 0.1) is 11.5 Å². The second-order valence-corrected chi connectivity index (χ2v) is 6.54. The predicted molar refractivity (Wildman–Crippen MR) is 69.0 cm³/mol. The average Bonchev–Trinajstić information content (AvgIpc) is 2.67. The van der Waals surface area contributed by atoms with E-state index in [9.17, 15) is 8.42 Å². The normalized spacial score (nSPS) is 22.3. The number of hydrogen-bond donors (Lipinski definition) is 2. The van der Waals surface area contributed by atoms with Crippen LogP contribution in [0.15, 0.2) is 18.2 Å². The molecule has 0 amide bonds. The van der Waals surface area contributed by atoms with Gasteiger partial charge in [-0.3, -0.25) is 0 Å². The van der Waals surface area contributed by atoms with Gasteiger partial charge in [-0.05, 0) is 24.5 Å². The molecule has 2 rings (SSSR count). The zero-order valence-electron chi connectivity index (χ0n) is 9.81. The number of rotatable bonds is 4. The molecule has 17 heavy (non-hydrogen) atoms. The van der Waals surface area contributed by atoms with Crippen LogP contribution in [0.2, 0.25) is 0 Å². The van der Waals surface area contributed by atoms with E-state index >= 15 is 0 Å². The molecule has 0 aromatic carbocycles. The van der Waals surface area contributed by atoms with Gasteiger partial charge in [-0.2, -0.15) is 0 Å². The average molecular weight is 255 g/mol. The molecule has 0 saturated carbocycles. The van der Waals surface area contributed by atoms with Crippen LogP contribution in [0.1, 0.15) is 6.42 Å². The molecule has 1 saturated heterocycles. The molecule has 94 valence electrons. The summed E-state index contributed by atoms with van der Waals surface area (Å²) in [7, 11) is -0.970. The van der Waals surface area contributed by atoms with E-state index < -0.39 is 9.84 Å². The summed E-state index contributed by atoms with van der Waals surface area (Å²) in [6.07, 6.45) is 0.751. The van der Waals surface area contributed by atoms with Gasteiger partial charge in [0.1, 0.15) is 11.6 Å². The fourth-order valence-electron chi connectivity index (χ4n) is 1.95. The maximum atomic E-state index is 11.3. The third-order valence-corrected chi connectivity index (χ3v) is 4.74. The quantitative estimate of drug-likeness (QED) is 0.839. The molecule has 5 nitrogen and oxygen atoms in total. The highest BCUT2D eigenvalue weighted by Crippen LogP contribution is 2.19. The van der Waals surface area contributed by atoms with Crippen LogP contribution >= 0.6 is 0 Å². The van der Waals surface area contributed by atoms with Gasteiger partial charge in [-0.15, -0.1) is 0 Å². The van der Waals surface area contributed by atoms with Crippen molar-refractivity contribution >= 4 is 21.5 Å². The lowest BCUT2D eigenvalue weighted by Gasteiger charge is -2.10. The smallest absolute Gasteiger partial charge is 0.150 e. The lowest BCUT2D eigenvalue weighted by atomic mass is 10.1. The number of pyridine rings is 1. The molecule has 0 spiro atoms. The summed E-state index contributed by atoms with van der Waals surface area (Å²) >= 11 is 0. The molecule has 1 atom stereocenters. The van der Waals surface area contributed by atoms with E-state index in [1.807, 2.05) is 25.2 Å². The van der Waals surface area contributed by atoms with E-state index in [1.54, 1.807) is 0 Å². The SMILES string of the molecule is CNc1cccc(NCC2CCS(=O)(=O)C2)n1. The molecule has 0 radical (unpaired) electrons. The molecule has 1 aromatic heterocycles. The Hall–Kier alpha value is -1.30. The number of aromatic nitrogens is 1. The first kappa shape index (κ1) is 12.2. The molecular weight excluding hydrogens is 238 g/mol. The molecule has 1 fully saturated rings. The Balaban J connectivity index is 1.90. The second kappa shape index (κ2) is 4.91. The Morgan fingerprint density at radius 3 is 2.82 bits per heavy atom. The lowest BCUT2D eigenvalue weighted by Crippen LogP contribution is -2.16. The minimum absolute atomic E-state index is 0.208. The number of hydrogen-bond acceptors (Lipinski definition) is 5. The van der Waals surface area contributed by atoms with Crippen LogP contribution in [0.3, 0.4) is 0 Å². The highest BCUT2D eigenvalue weighted by Gasteiger charge is 2.27. The van der Waals surface area contributed by atoms with Crippen molar-refractivity contribution in [1.29, 1.82) is 0 Å². The second-order valence-electron chi connectivity index (χ2n) is 4.31. The van der Waals surface area contributed by atoms with Crippen LogP contribution in [0.5, 0.6) is 0 Å². The first-order valence-corrected chi connectivity index (χ1v) is 7.50. The largest absolute Gasteiger partial charge is 0.373 e. The summed E-state index contributed by atoms with van der Waals surface area (Å²) in [4.78, 5) is 4.32. The molecule has 0 aliphatic carbocycles. The van der Waals surface area contributed by atoms with Crippen molar-refractivity contribution in [3.8, 4) is 0 Å². The molecule has 1 aliphatic heterocycles. The fourth-order valence-corrected chi connectivity index (χ4v) is 3.82. The summed E-state index contributed by atoms with van der Waals surface area (Å²) in [5, 5.41) is 6.14. The maximum absolute atomic E-state index is 11.3. The summed E-state index contributed by atoms with van der Waals surface area (Å²) in [6.45, 7) is 0.666.